The van der Waals surface area contributed by atoms with Crippen molar-refractivity contribution in [2.75, 3.05) is 6.61 Å². The Balaban J connectivity index is -0.000000281. The van der Waals surface area contributed by atoms with Crippen molar-refractivity contribution in [3.63, 3.8) is 0 Å². The molecule has 0 aliphatic heterocycles. The van der Waals surface area contributed by atoms with Gasteiger partial charge in [0.25, 0.3) is 0 Å². The molecule has 12 fully saturated rings. The van der Waals surface area contributed by atoms with Crippen LogP contribution in [0.1, 0.15) is 578 Å². The second-order valence-corrected chi connectivity index (χ2v) is 47.1. The van der Waals surface area contributed by atoms with Crippen molar-refractivity contribution in [1.29, 1.82) is 0 Å². The average Bonchev–Trinajstić information content (AvgIpc) is 1.51. The van der Waals surface area contributed by atoms with E-state index in [-0.39, 0.29) is 210 Å². The highest BCUT2D eigenvalue weighted by molar-refractivity contribution is 5.79. The summed E-state index contributed by atoms with van der Waals surface area (Å²) in [5, 5.41) is 0. The van der Waals surface area contributed by atoms with E-state index in [1.54, 1.807) is 0 Å². The van der Waals surface area contributed by atoms with E-state index in [1.807, 2.05) is 104 Å². The van der Waals surface area contributed by atoms with Crippen molar-refractivity contribution in [1.82, 2.24) is 0 Å². The van der Waals surface area contributed by atoms with Gasteiger partial charge in [0.15, 0.2) is 0 Å². The summed E-state index contributed by atoms with van der Waals surface area (Å²) in [7, 11) is 0. The largest absolute Gasteiger partial charge is 0.465 e. The minimum atomic E-state index is -0.489. The van der Waals surface area contributed by atoms with Crippen molar-refractivity contribution in [3.05, 3.63) is 0 Å². The topological polar surface area (TPSA) is 184 Å². The first-order valence-corrected chi connectivity index (χ1v) is 50.3. The van der Waals surface area contributed by atoms with Gasteiger partial charge in [-0.2, -0.15) is 0 Å². The van der Waals surface area contributed by atoms with E-state index in [1.165, 1.54) is 218 Å². The fourth-order valence-corrected chi connectivity index (χ4v) is 22.9. The van der Waals surface area contributed by atoms with Crippen LogP contribution in [0.2, 0.25) is 0 Å². The Labute approximate surface area is 824 Å². The predicted molar refractivity (Wildman–Crippen MR) is 570 cm³/mol. The lowest BCUT2D eigenvalue weighted by molar-refractivity contribution is -0.204. The maximum Gasteiger partial charge on any atom is 0.312 e. The summed E-state index contributed by atoms with van der Waals surface area (Å²) < 4.78 is 41.3. The summed E-state index contributed by atoms with van der Waals surface area (Å²) in [6.45, 7) is 58.4. The van der Waals surface area contributed by atoms with Gasteiger partial charge in [0.1, 0.15) is 40.2 Å². The van der Waals surface area contributed by atoms with Gasteiger partial charge in [-0.1, -0.05) is 248 Å². The third-order valence-electron chi connectivity index (χ3n) is 34.9. The monoisotopic (exact) mass is 1880 g/mol. The molecule has 0 aromatic heterocycles. The zero-order valence-corrected chi connectivity index (χ0v) is 83.2. The third-order valence-corrected chi connectivity index (χ3v) is 34.9. The molecule has 0 aromatic rings. The molecule has 5 atom stereocenters. The molecule has 0 radical (unpaired) electrons. The molecule has 5 unspecified atom stereocenters. The van der Waals surface area contributed by atoms with Crippen LogP contribution in [0.5, 0.6) is 0 Å². The first kappa shape index (κ1) is 141. The van der Waals surface area contributed by atoms with Crippen molar-refractivity contribution in [2.24, 2.45) is 102 Å². The lowest BCUT2D eigenvalue weighted by Crippen LogP contribution is -2.58. The van der Waals surface area contributed by atoms with Gasteiger partial charge in [-0.05, 0) is 388 Å². The molecule has 14 nitrogen and oxygen atoms in total. The van der Waals surface area contributed by atoms with Crippen molar-refractivity contribution >= 4 is 41.8 Å². The number of carbonyl (C=O) groups is 7. The summed E-state index contributed by atoms with van der Waals surface area (Å²) in [5.74, 6) is 6.08. The molecule has 792 valence electrons. The maximum absolute atomic E-state index is 12.8. The molecule has 0 heterocycles. The highest BCUT2D eigenvalue weighted by atomic mass is 16.6. The van der Waals surface area contributed by atoms with E-state index in [2.05, 4.69) is 90.0 Å². The first-order chi connectivity index (χ1) is 55.7. The minimum Gasteiger partial charge on any atom is -0.465 e. The highest BCUT2D eigenvalue weighted by Gasteiger charge is 2.69. The van der Waals surface area contributed by atoms with Gasteiger partial charge >= 0.3 is 41.8 Å². The van der Waals surface area contributed by atoms with Crippen LogP contribution in [0.3, 0.4) is 0 Å². The number of hydrogen-bond donors (Lipinski definition) is 0. The number of esters is 7. The Morgan fingerprint density at radius 1 is 0.311 bits per heavy atom. The smallest absolute Gasteiger partial charge is 0.312 e. The van der Waals surface area contributed by atoms with Crippen LogP contribution < -0.4 is 0 Å². The number of ether oxygens (including phenoxy) is 7. The van der Waals surface area contributed by atoms with E-state index in [0.29, 0.717) is 40.9 Å². The van der Waals surface area contributed by atoms with E-state index < -0.39 is 5.41 Å². The van der Waals surface area contributed by atoms with Gasteiger partial charge in [-0.3, -0.25) is 33.6 Å². The molecule has 132 heavy (non-hydrogen) atoms. The maximum atomic E-state index is 12.8. The van der Waals surface area contributed by atoms with Gasteiger partial charge in [-0.25, -0.2) is 0 Å². The molecule has 14 heteroatoms. The number of hydrogen-bond acceptors (Lipinski definition) is 14. The summed E-state index contributed by atoms with van der Waals surface area (Å²) in [4.78, 5) is 86.2. The fourth-order valence-electron chi connectivity index (χ4n) is 22.9. The molecule has 0 N–H and O–H groups in total. The number of carbonyl (C=O) groups excluding carboxylic acids is 7. The van der Waals surface area contributed by atoms with Crippen LogP contribution >= 0.6 is 0 Å². The molecule has 12 aliphatic carbocycles. The summed E-state index contributed by atoms with van der Waals surface area (Å²) in [6.07, 6.45) is 53.6. The lowest BCUT2D eigenvalue weighted by atomic mass is 9.50. The van der Waals surface area contributed by atoms with Crippen LogP contribution in [-0.4, -0.2) is 82.0 Å². The molecular weight excluding hydrogens is 1640 g/mol. The normalized spacial score (nSPS) is 26.3. The third kappa shape index (κ3) is 37.1. The Morgan fingerprint density at radius 3 is 0.970 bits per heavy atom. The summed E-state index contributed by atoms with van der Waals surface area (Å²) in [6, 6.07) is 0. The van der Waals surface area contributed by atoms with Gasteiger partial charge in [0.05, 0.1) is 38.9 Å². The molecule has 12 rings (SSSR count). The van der Waals surface area contributed by atoms with Gasteiger partial charge in [-0.15, -0.1) is 0 Å². The summed E-state index contributed by atoms with van der Waals surface area (Å²) >= 11 is 0. The molecule has 0 amide bonds. The van der Waals surface area contributed by atoms with Crippen LogP contribution in [0.25, 0.3) is 0 Å². The average molecular weight is 1880 g/mol. The predicted octanol–water partition coefficient (Wildman–Crippen LogP) is 36.5. The first-order valence-electron chi connectivity index (χ1n) is 50.3. The van der Waals surface area contributed by atoms with Crippen molar-refractivity contribution in [3.8, 4) is 0 Å². The second kappa shape index (κ2) is 59.1. The van der Waals surface area contributed by atoms with Crippen LogP contribution in [0, 0.1) is 102 Å². The Kier molecular flexibility index (Phi) is 63.3. The molecule has 1 spiro atoms. The minimum absolute atomic E-state index is 0. The Morgan fingerprint density at radius 2 is 0.614 bits per heavy atom. The van der Waals surface area contributed by atoms with Gasteiger partial charge in [0, 0.05) is 5.92 Å². The van der Waals surface area contributed by atoms with Crippen molar-refractivity contribution < 1.29 is 66.7 Å². The molecule has 0 aromatic carbocycles. The number of rotatable bonds is 24. The molecule has 12 aliphatic rings. The van der Waals surface area contributed by atoms with E-state index in [9.17, 15) is 33.6 Å². The van der Waals surface area contributed by atoms with Crippen LogP contribution in [0.4, 0.5) is 0 Å². The van der Waals surface area contributed by atoms with E-state index >= 15 is 0 Å². The van der Waals surface area contributed by atoms with E-state index in [0.717, 1.165) is 94.3 Å². The Bertz CT molecular complexity index is 3150. The summed E-state index contributed by atoms with van der Waals surface area (Å²) in [5.41, 5.74) is -2.97. The van der Waals surface area contributed by atoms with Crippen LogP contribution in [-0.2, 0) is 66.7 Å². The zero-order chi connectivity index (χ0) is 90.0. The molecule has 12 saturated carbocycles. The zero-order valence-electron chi connectivity index (χ0n) is 83.2. The second-order valence-electron chi connectivity index (χ2n) is 47.1. The number of fused-ring (bicyclic) bond motifs is 1. The standard InChI is InChI=1S/C21H36O2.C20H32O4.C20H36O2.C17H32O2.C15H28O2.C13H24O2.12CH4/c1-8-18(3,4)17(22)23-20(7)11-12-21-13-16(20)19(5,6)15(21)10-9-14(21)2;1-5-19(2,3)18(22)23-7-6-17(21)24-20(4)15-9-13-8-14(11-15)12-16(20)10-13;1-5-19(2,3)18(21)22-20(4,16-12-8-6-9-13-16)17-14-10-7-11-15-17;1-5-16(2,3)15(18)19-17(4)13-11-9-7-6-8-10-12-14-17;1-6-14(2,3)13(16)17-15(4,5)12-10-8-7-9-11-12;1-5-12(2,3)11(14)15-13(4)9-7-6-8-10-13;;;;;;;;;;;;/h14-16H,8-13H2,1-7H3;13-16H,5-12H2,1-4H3;16-17H,5-15H2,1-4H3;5-14H2,1-4H3;12H,6-11H2,1-5H3;5-10H2,1-4H3;12*1H4. The lowest BCUT2D eigenvalue weighted by Gasteiger charge is -2.59. The highest BCUT2D eigenvalue weighted by Crippen LogP contribution is 2.74. The quantitative estimate of drug-likeness (QED) is 0.0657. The van der Waals surface area contributed by atoms with Crippen molar-refractivity contribution in [2.45, 2.75) is 612 Å². The van der Waals surface area contributed by atoms with Gasteiger partial charge < -0.3 is 33.2 Å². The van der Waals surface area contributed by atoms with E-state index in [4.69, 9.17) is 33.2 Å². The van der Waals surface area contributed by atoms with Gasteiger partial charge in [0.2, 0.25) is 0 Å². The van der Waals surface area contributed by atoms with Crippen LogP contribution in [0.15, 0.2) is 0 Å². The molecule has 6 bridgehead atoms. The fraction of sp³-hybridized carbons (Fsp3) is 0.941. The molecule has 0 saturated heterocycles. The Hall–Kier alpha value is -3.71. The molecular formula is C118H236O14. The SMILES string of the molecule is C.C.C.C.C.C.C.C.C.C.C.C.CCC(C)(C)C(=O)OC(C)(C)C1CCCCC1.CCC(C)(C)C(=O)OC(C)(C1CCCCC1)C1CCCCC1.CCC(C)(C)C(=O)OC1(C)CCC23CC1C(C)(C)C2CCC3C.CCC(C)(C)C(=O)OC1(C)CCCCC1.CCC(C)(C)C(=O)OC1(C)CCCCCCCCC1.CCC(C)(C)C(=O)OCCC(=O)OC1(C)C2CC3CC(C2)CC1C3.